The summed E-state index contributed by atoms with van der Waals surface area (Å²) in [6.07, 6.45) is 0.801. The van der Waals surface area contributed by atoms with Crippen LogP contribution in [0.1, 0.15) is 76.3 Å². The van der Waals surface area contributed by atoms with Crippen molar-refractivity contribution in [3.8, 4) is 34.5 Å². The van der Waals surface area contributed by atoms with E-state index in [1.807, 2.05) is 19.1 Å². The largest absolute Gasteiger partial charge is 0.541 e. The number of carbonyl (C=O) groups excluding carboxylic acids is 2. The minimum atomic E-state index is -2.29. The van der Waals surface area contributed by atoms with Crippen LogP contribution in [0.5, 0.6) is 34.5 Å². The molecule has 4 aliphatic heterocycles. The molecule has 3 saturated heterocycles. The van der Waals surface area contributed by atoms with Crippen molar-refractivity contribution in [3.63, 3.8) is 0 Å². The molecule has 1 aliphatic carbocycles. The Morgan fingerprint density at radius 2 is 1.91 bits per heavy atom. The van der Waals surface area contributed by atoms with Crippen LogP contribution in [-0.4, -0.2) is 64.6 Å². The predicted octanol–water partition coefficient (Wildman–Crippen LogP) is 4.99. The standard InChI is InChI=1S/C31H38BN2O9SSi.CH4/c1-14-22(35)21-20(25-23(14)39-13-40-25)17-12-31(21)26(28(37)41-31)34(17)27(36)16-11-30(5,33-16)15-9-18(42-44-32)24(38-6)19(10-15)43-45(7,8)29(2,3)4;/h9-10,16-17,26,32-33,35H,11-13H2,1-8H3;1H4/t16-,17+,26+,30?,31-;/m0./s1/i32T;. The van der Waals surface area contributed by atoms with Gasteiger partial charge in [0, 0.05) is 28.7 Å². The van der Waals surface area contributed by atoms with Crippen LogP contribution in [0.15, 0.2) is 12.1 Å². The van der Waals surface area contributed by atoms with E-state index in [1.54, 1.807) is 18.9 Å². The Kier molecular flexibility index (Phi) is 7.08. The molecule has 0 saturated carbocycles. The number of likely N-dealkylation sites (tertiary alicyclic amines) is 1. The average Bonchev–Trinajstić information content (AvgIpc) is 3.65. The fourth-order valence-corrected chi connectivity index (χ4v) is 8.58. The van der Waals surface area contributed by atoms with Gasteiger partial charge in [0.2, 0.25) is 25.5 Å². The highest BCUT2D eigenvalue weighted by atomic mass is 32.2. The molecule has 5 atom stereocenters. The Hall–Kier alpha value is -3.23. The molecule has 1 radical (unpaired) electrons. The maximum atomic E-state index is 14.2. The van der Waals surface area contributed by atoms with E-state index in [0.29, 0.717) is 58.3 Å². The van der Waals surface area contributed by atoms with Crippen molar-refractivity contribution < 1.29 is 42.3 Å². The van der Waals surface area contributed by atoms with Gasteiger partial charge in [-0.05, 0) is 69.3 Å². The van der Waals surface area contributed by atoms with Gasteiger partial charge in [0.15, 0.2) is 34.6 Å². The molecule has 247 valence electrons. The summed E-state index contributed by atoms with van der Waals surface area (Å²) in [5, 5.41) is 14.6. The Morgan fingerprint density at radius 3 is 2.54 bits per heavy atom. The van der Waals surface area contributed by atoms with Gasteiger partial charge in [-0.15, -0.1) is 0 Å². The Labute approximate surface area is 277 Å². The molecular formula is C32H42BN2O9SSi. The molecule has 46 heavy (non-hydrogen) atoms. The number of hydrogen-bond donors (Lipinski definition) is 2. The Balaban J connectivity index is 0.00000386. The van der Waals surface area contributed by atoms with Crippen molar-refractivity contribution in [3.05, 3.63) is 34.4 Å². The van der Waals surface area contributed by atoms with Crippen molar-refractivity contribution in [1.29, 1.82) is 1.34 Å². The van der Waals surface area contributed by atoms with Gasteiger partial charge in [-0.25, -0.2) is 4.79 Å². The number of aromatic hydroxyl groups is 1. The van der Waals surface area contributed by atoms with E-state index in [1.165, 1.54) is 0 Å². The van der Waals surface area contributed by atoms with Crippen LogP contribution in [0.4, 0.5) is 0 Å². The summed E-state index contributed by atoms with van der Waals surface area (Å²) in [4.78, 5) is 28.8. The van der Waals surface area contributed by atoms with Crippen molar-refractivity contribution in [2.45, 2.75) is 102 Å². The number of nitrogens with one attached hydrogen (secondary N) is 1. The Bertz CT molecular complexity index is 1680. The molecule has 1 unspecified atom stereocenters. The minimum Gasteiger partial charge on any atom is -0.541 e. The van der Waals surface area contributed by atoms with Crippen molar-refractivity contribution >= 4 is 39.2 Å². The van der Waals surface area contributed by atoms with Gasteiger partial charge in [0.05, 0.1) is 19.2 Å². The molecule has 2 aromatic rings. The van der Waals surface area contributed by atoms with Crippen molar-refractivity contribution in [1.82, 2.24) is 10.2 Å². The first-order valence-corrected chi connectivity index (χ1v) is 18.7. The average molecular weight is 672 g/mol. The summed E-state index contributed by atoms with van der Waals surface area (Å²) in [6.45, 7) is 14.5. The number of fused-ring (bicyclic) bond motifs is 5. The minimum absolute atomic E-state index is 0. The number of carbonyl (C=O) groups is 2. The molecule has 4 heterocycles. The highest BCUT2D eigenvalue weighted by Gasteiger charge is 2.75. The quantitative estimate of drug-likeness (QED) is 0.224. The zero-order valence-corrected chi connectivity index (χ0v) is 28.5. The van der Waals surface area contributed by atoms with E-state index in [-0.39, 0.29) is 30.9 Å². The lowest BCUT2D eigenvalue weighted by atomic mass is 9.76. The first kappa shape index (κ1) is 31.4. The normalized spacial score (nSPS) is 28.5. The summed E-state index contributed by atoms with van der Waals surface area (Å²) in [6, 6.07) is 1.89. The van der Waals surface area contributed by atoms with Gasteiger partial charge >= 0.3 is 5.97 Å². The number of benzene rings is 2. The second kappa shape index (κ2) is 10.4. The van der Waals surface area contributed by atoms with Gasteiger partial charge in [0.25, 0.3) is 8.32 Å². The maximum Gasteiger partial charge on any atom is 0.334 e. The maximum absolute atomic E-state index is 14.2. The Morgan fingerprint density at radius 1 is 1.24 bits per heavy atom. The highest BCUT2D eigenvalue weighted by molar-refractivity contribution is 8.16. The lowest BCUT2D eigenvalue weighted by molar-refractivity contribution is -0.209. The topological polar surface area (TPSA) is 125 Å². The fraction of sp³-hybridized carbons (Fsp3) is 0.562. The van der Waals surface area contributed by atoms with E-state index in [0.717, 1.165) is 24.5 Å². The van der Waals surface area contributed by atoms with Crippen LogP contribution in [0.3, 0.4) is 0 Å². The molecule has 2 aromatic carbocycles. The van der Waals surface area contributed by atoms with Gasteiger partial charge < -0.3 is 37.6 Å². The first-order valence-electron chi connectivity index (χ1n) is 15.6. The predicted molar refractivity (Wildman–Crippen MR) is 177 cm³/mol. The SMILES string of the molecule is C.[3H][B]SOc1cc(C2(C)C[C@@H](C(=O)N3[C@@H]4C[C@]5(OC(=O)[C@@H]35)c3c(O)c(C)c5c(c34)OCO5)N2)cc(O[Si](C)(C)C(C)(C)C)c1OC. The number of ether oxygens (including phenoxy) is 4. The zero-order chi connectivity index (χ0) is 33.1. The molecule has 1 amide bonds. The van der Waals surface area contributed by atoms with Crippen LogP contribution in [-0.2, 0) is 25.5 Å². The van der Waals surface area contributed by atoms with Crippen LogP contribution in [0.25, 0.3) is 0 Å². The number of methoxy groups -OCH3 is 1. The number of hydrogen-bond acceptors (Lipinski definition) is 11. The van der Waals surface area contributed by atoms with E-state index in [4.69, 9.17) is 28.9 Å². The summed E-state index contributed by atoms with van der Waals surface area (Å²) in [5.74, 6) is 1.69. The van der Waals surface area contributed by atoms with Crippen LogP contribution < -0.4 is 28.1 Å². The molecule has 7 rings (SSSR count). The molecule has 2 bridgehead atoms. The molecular weight excluding hydrogens is 627 g/mol. The fourth-order valence-electron chi connectivity index (χ4n) is 7.35. The summed E-state index contributed by atoms with van der Waals surface area (Å²) < 4.78 is 43.0. The summed E-state index contributed by atoms with van der Waals surface area (Å²) in [7, 11) is 0.359. The van der Waals surface area contributed by atoms with Crippen LogP contribution in [0.2, 0.25) is 18.1 Å². The van der Waals surface area contributed by atoms with E-state index in [2.05, 4.69) is 39.2 Å². The van der Waals surface area contributed by atoms with Crippen LogP contribution >= 0.6 is 11.9 Å². The molecule has 14 heteroatoms. The lowest BCUT2D eigenvalue weighted by Gasteiger charge is -2.52. The van der Waals surface area contributed by atoms with Gasteiger partial charge in [-0.3, -0.25) is 10.1 Å². The van der Waals surface area contributed by atoms with Gasteiger partial charge in [-0.1, -0.05) is 28.2 Å². The summed E-state index contributed by atoms with van der Waals surface area (Å²) in [5.41, 5.74) is 0.824. The van der Waals surface area contributed by atoms with Gasteiger partial charge in [-0.2, -0.15) is 0 Å². The second-order valence-corrected chi connectivity index (χ2v) is 19.4. The van der Waals surface area contributed by atoms with Crippen molar-refractivity contribution in [2.24, 2.45) is 0 Å². The summed E-state index contributed by atoms with van der Waals surface area (Å²) >= 11 is 0.864. The number of esters is 1. The number of phenols is 1. The molecule has 3 fully saturated rings. The third-order valence-corrected chi connectivity index (χ3v) is 15.3. The highest BCUT2D eigenvalue weighted by Crippen LogP contribution is 2.69. The number of phenolic OH excluding ortho intramolecular Hbond substituents is 1. The van der Waals surface area contributed by atoms with Crippen molar-refractivity contribution in [2.75, 3.05) is 13.9 Å². The number of rotatable bonds is 8. The monoisotopic (exact) mass is 671 g/mol. The number of amides is 1. The third-order valence-electron chi connectivity index (χ3n) is 10.7. The zero-order valence-electron chi connectivity index (χ0n) is 27.7. The lowest BCUT2D eigenvalue weighted by Crippen LogP contribution is -2.70. The molecule has 2 N–H and O–H groups in total. The van der Waals surface area contributed by atoms with E-state index < -0.39 is 43.6 Å². The first-order chi connectivity index (χ1) is 21.6. The third kappa shape index (κ3) is 4.21. The smallest absolute Gasteiger partial charge is 0.334 e. The molecule has 0 aromatic heterocycles. The van der Waals surface area contributed by atoms with E-state index >= 15 is 0 Å². The molecule has 5 aliphatic rings. The number of nitrogens with zero attached hydrogens (tertiary/aromatic N) is 1. The second-order valence-electron chi connectivity index (χ2n) is 14.3. The van der Waals surface area contributed by atoms with E-state index in [9.17, 15) is 14.7 Å². The van der Waals surface area contributed by atoms with Crippen LogP contribution in [0, 0.1) is 6.92 Å². The van der Waals surface area contributed by atoms with Gasteiger partial charge in [0.1, 0.15) is 5.75 Å². The molecule has 11 nitrogen and oxygen atoms in total. The molecule has 1 spiro atoms.